The van der Waals surface area contributed by atoms with Gasteiger partial charge in [0.15, 0.2) is 0 Å². The number of non-ortho nitro benzene ring substituents is 1. The predicted octanol–water partition coefficient (Wildman–Crippen LogP) is 4.32. The number of hydrogen-bond donors (Lipinski definition) is 1. The van der Waals surface area contributed by atoms with E-state index in [1.165, 1.54) is 23.5 Å². The van der Waals surface area contributed by atoms with E-state index >= 15 is 0 Å². The number of halogens is 1. The predicted molar refractivity (Wildman–Crippen MR) is 92.0 cm³/mol. The first-order valence-electron chi connectivity index (χ1n) is 6.50. The SMILES string of the molecule is Cc1ncc(-c2cc(Br)nc(Nc3cccc([N+](=O)[O-])c3)n2)s1. The first kappa shape index (κ1) is 15.5. The second kappa shape index (κ2) is 6.39. The summed E-state index contributed by atoms with van der Waals surface area (Å²) in [6.07, 6.45) is 1.76. The van der Waals surface area contributed by atoms with Gasteiger partial charge in [0.2, 0.25) is 5.95 Å². The van der Waals surface area contributed by atoms with Crippen LogP contribution in [0.3, 0.4) is 0 Å². The minimum absolute atomic E-state index is 0.00306. The Bertz CT molecular complexity index is 883. The molecule has 0 saturated heterocycles. The lowest BCUT2D eigenvalue weighted by atomic mass is 10.3. The molecule has 3 rings (SSSR count). The van der Waals surface area contributed by atoms with Crippen molar-refractivity contribution in [2.75, 3.05) is 5.32 Å². The normalized spacial score (nSPS) is 10.5. The van der Waals surface area contributed by atoms with Crippen LogP contribution >= 0.6 is 27.3 Å². The molecule has 0 aliphatic heterocycles. The van der Waals surface area contributed by atoms with E-state index < -0.39 is 4.92 Å². The van der Waals surface area contributed by atoms with Crippen LogP contribution in [0.2, 0.25) is 0 Å². The number of aryl methyl sites for hydroxylation is 1. The second-order valence-electron chi connectivity index (χ2n) is 4.58. The fraction of sp³-hybridized carbons (Fsp3) is 0.0714. The van der Waals surface area contributed by atoms with Crippen molar-refractivity contribution in [1.82, 2.24) is 15.0 Å². The summed E-state index contributed by atoms with van der Waals surface area (Å²) in [7, 11) is 0. The van der Waals surface area contributed by atoms with Crippen LogP contribution in [-0.2, 0) is 0 Å². The monoisotopic (exact) mass is 391 g/mol. The first-order valence-corrected chi connectivity index (χ1v) is 8.11. The van der Waals surface area contributed by atoms with Crippen molar-refractivity contribution < 1.29 is 4.92 Å². The van der Waals surface area contributed by atoms with Gasteiger partial charge in [-0.1, -0.05) is 6.07 Å². The number of rotatable bonds is 4. The van der Waals surface area contributed by atoms with Gasteiger partial charge in [0, 0.05) is 24.0 Å². The Morgan fingerprint density at radius 2 is 2.13 bits per heavy atom. The van der Waals surface area contributed by atoms with Gasteiger partial charge in [-0.3, -0.25) is 10.1 Å². The smallest absolute Gasteiger partial charge is 0.271 e. The highest BCUT2D eigenvalue weighted by Gasteiger charge is 2.10. The molecular weight excluding hydrogens is 382 g/mol. The molecule has 0 atom stereocenters. The Labute approximate surface area is 143 Å². The topological polar surface area (TPSA) is 93.8 Å². The molecule has 1 N–H and O–H groups in total. The molecule has 0 fully saturated rings. The summed E-state index contributed by atoms with van der Waals surface area (Å²) >= 11 is 4.88. The largest absolute Gasteiger partial charge is 0.324 e. The van der Waals surface area contributed by atoms with Gasteiger partial charge in [0.25, 0.3) is 5.69 Å². The third-order valence-electron chi connectivity index (χ3n) is 2.88. The second-order valence-corrected chi connectivity index (χ2v) is 6.62. The molecule has 1 aromatic carbocycles. The summed E-state index contributed by atoms with van der Waals surface area (Å²) < 4.78 is 0.612. The third kappa shape index (κ3) is 3.69. The number of aromatic nitrogens is 3. The molecular formula is C14H10BrN5O2S. The molecule has 3 aromatic rings. The Morgan fingerprint density at radius 3 is 2.83 bits per heavy atom. The van der Waals surface area contributed by atoms with Crippen molar-refractivity contribution in [3.8, 4) is 10.6 Å². The summed E-state index contributed by atoms with van der Waals surface area (Å²) in [6, 6.07) is 7.98. The van der Waals surface area contributed by atoms with E-state index in [4.69, 9.17) is 0 Å². The van der Waals surface area contributed by atoms with Gasteiger partial charge >= 0.3 is 0 Å². The Balaban J connectivity index is 1.93. The summed E-state index contributed by atoms with van der Waals surface area (Å²) in [5.74, 6) is 0.348. The fourth-order valence-electron chi connectivity index (χ4n) is 1.91. The summed E-state index contributed by atoms with van der Waals surface area (Å²) in [4.78, 5) is 24.2. The van der Waals surface area contributed by atoms with Gasteiger partial charge in [0.1, 0.15) is 4.60 Å². The van der Waals surface area contributed by atoms with Gasteiger partial charge in [-0.05, 0) is 35.0 Å². The lowest BCUT2D eigenvalue weighted by molar-refractivity contribution is -0.384. The van der Waals surface area contributed by atoms with Crippen molar-refractivity contribution in [1.29, 1.82) is 0 Å². The van der Waals surface area contributed by atoms with Crippen molar-refractivity contribution in [3.05, 3.63) is 56.3 Å². The maximum absolute atomic E-state index is 10.8. The molecule has 116 valence electrons. The minimum Gasteiger partial charge on any atom is -0.324 e. The van der Waals surface area contributed by atoms with Crippen LogP contribution in [0.15, 0.2) is 41.1 Å². The molecule has 0 aliphatic rings. The molecule has 9 heteroatoms. The van der Waals surface area contributed by atoms with Gasteiger partial charge in [0.05, 0.1) is 20.5 Å². The zero-order valence-corrected chi connectivity index (χ0v) is 14.3. The van der Waals surface area contributed by atoms with Crippen molar-refractivity contribution in [3.63, 3.8) is 0 Å². The molecule has 0 saturated carbocycles. The number of nitrogens with one attached hydrogen (secondary N) is 1. The molecule has 2 aromatic heterocycles. The number of anilines is 2. The quantitative estimate of drug-likeness (QED) is 0.404. The minimum atomic E-state index is -0.446. The molecule has 0 bridgehead atoms. The van der Waals surface area contributed by atoms with Gasteiger partial charge in [-0.25, -0.2) is 15.0 Å². The van der Waals surface area contributed by atoms with Crippen molar-refractivity contribution in [2.24, 2.45) is 0 Å². The Kier molecular flexibility index (Phi) is 4.30. The molecule has 0 radical (unpaired) electrons. The average Bonchev–Trinajstić information content (AvgIpc) is 2.93. The van der Waals surface area contributed by atoms with Gasteiger partial charge < -0.3 is 5.32 Å². The van der Waals surface area contributed by atoms with E-state index in [0.717, 1.165) is 15.6 Å². The van der Waals surface area contributed by atoms with E-state index in [9.17, 15) is 10.1 Å². The number of nitro groups is 1. The van der Waals surface area contributed by atoms with E-state index in [2.05, 4.69) is 36.2 Å². The fourth-order valence-corrected chi connectivity index (χ4v) is 3.03. The van der Waals surface area contributed by atoms with Gasteiger partial charge in [-0.15, -0.1) is 11.3 Å². The zero-order chi connectivity index (χ0) is 16.4. The zero-order valence-electron chi connectivity index (χ0n) is 11.9. The number of nitrogens with zero attached hydrogens (tertiary/aromatic N) is 4. The third-order valence-corrected chi connectivity index (χ3v) is 4.22. The Hall–Kier alpha value is -2.39. The van der Waals surface area contributed by atoms with Crippen LogP contribution in [0.5, 0.6) is 0 Å². The number of hydrogen-bond acceptors (Lipinski definition) is 7. The molecule has 0 spiro atoms. The highest BCUT2D eigenvalue weighted by Crippen LogP contribution is 2.28. The van der Waals surface area contributed by atoms with Crippen LogP contribution in [-0.4, -0.2) is 19.9 Å². The molecule has 0 amide bonds. The maximum atomic E-state index is 10.8. The summed E-state index contributed by atoms with van der Waals surface area (Å²) in [5.41, 5.74) is 1.28. The highest BCUT2D eigenvalue weighted by molar-refractivity contribution is 9.10. The number of nitro benzene ring substituents is 1. The average molecular weight is 392 g/mol. The number of benzene rings is 1. The first-order chi connectivity index (χ1) is 11.0. The van der Waals surface area contributed by atoms with Crippen LogP contribution in [0.1, 0.15) is 5.01 Å². The lowest BCUT2D eigenvalue weighted by Gasteiger charge is -2.06. The molecule has 2 heterocycles. The van der Waals surface area contributed by atoms with Crippen LogP contribution in [0.4, 0.5) is 17.3 Å². The van der Waals surface area contributed by atoms with Crippen LogP contribution in [0.25, 0.3) is 10.6 Å². The van der Waals surface area contributed by atoms with E-state index in [0.29, 0.717) is 16.2 Å². The lowest BCUT2D eigenvalue weighted by Crippen LogP contribution is -1.99. The Morgan fingerprint density at radius 1 is 1.30 bits per heavy atom. The standard InChI is InChI=1S/C14H10BrN5O2S/c1-8-16-7-12(23-8)11-6-13(15)19-14(18-11)17-9-3-2-4-10(5-9)20(21)22/h2-7H,1H3,(H,17,18,19). The molecule has 23 heavy (non-hydrogen) atoms. The molecule has 0 aliphatic carbocycles. The summed E-state index contributed by atoms with van der Waals surface area (Å²) in [6.45, 7) is 1.92. The van der Waals surface area contributed by atoms with Crippen molar-refractivity contribution in [2.45, 2.75) is 6.92 Å². The molecule has 7 nitrogen and oxygen atoms in total. The van der Waals surface area contributed by atoms with Crippen molar-refractivity contribution >= 4 is 44.6 Å². The number of thiazole rings is 1. The van der Waals surface area contributed by atoms with Gasteiger partial charge in [-0.2, -0.15) is 0 Å². The molecule has 0 unspecified atom stereocenters. The maximum Gasteiger partial charge on any atom is 0.271 e. The van der Waals surface area contributed by atoms with E-state index in [-0.39, 0.29) is 5.69 Å². The van der Waals surface area contributed by atoms with E-state index in [1.54, 1.807) is 24.4 Å². The van der Waals surface area contributed by atoms with E-state index in [1.807, 2.05) is 6.92 Å². The highest BCUT2D eigenvalue weighted by atomic mass is 79.9. The van der Waals surface area contributed by atoms with Crippen LogP contribution < -0.4 is 5.32 Å². The van der Waals surface area contributed by atoms with Crippen LogP contribution in [0, 0.1) is 17.0 Å². The summed E-state index contributed by atoms with van der Waals surface area (Å²) in [5, 5.41) is 14.8.